The van der Waals surface area contributed by atoms with Crippen LogP contribution in [0.3, 0.4) is 0 Å². The van der Waals surface area contributed by atoms with Crippen LogP contribution in [0.1, 0.15) is 23.7 Å². The molecule has 86 valence electrons. The predicted molar refractivity (Wildman–Crippen MR) is 72.2 cm³/mol. The van der Waals surface area contributed by atoms with Crippen LogP contribution in [0.15, 0.2) is 35.3 Å². The lowest BCUT2D eigenvalue weighted by Gasteiger charge is -2.23. The van der Waals surface area contributed by atoms with E-state index in [4.69, 9.17) is 0 Å². The van der Waals surface area contributed by atoms with Crippen molar-refractivity contribution in [3.63, 3.8) is 0 Å². The van der Waals surface area contributed by atoms with E-state index in [1.54, 1.807) is 0 Å². The van der Waals surface area contributed by atoms with Crippen LogP contribution in [0, 0.1) is 0 Å². The Kier molecular flexibility index (Phi) is 5.26. The SMILES string of the molecule is C=CCN(CCC)c1ccc(C=O)c(Br)c1. The van der Waals surface area contributed by atoms with Gasteiger partial charge in [-0.05, 0) is 40.5 Å². The maximum Gasteiger partial charge on any atom is 0.151 e. The molecule has 0 fully saturated rings. The summed E-state index contributed by atoms with van der Waals surface area (Å²) in [6, 6.07) is 5.77. The van der Waals surface area contributed by atoms with Crippen LogP contribution in [-0.4, -0.2) is 19.4 Å². The Balaban J connectivity index is 2.95. The highest BCUT2D eigenvalue weighted by Crippen LogP contribution is 2.23. The molecule has 0 aliphatic carbocycles. The van der Waals surface area contributed by atoms with Crippen LogP contribution in [0.5, 0.6) is 0 Å². The van der Waals surface area contributed by atoms with Crippen LogP contribution in [-0.2, 0) is 0 Å². The monoisotopic (exact) mass is 281 g/mol. The van der Waals surface area contributed by atoms with Gasteiger partial charge in [-0.3, -0.25) is 4.79 Å². The molecule has 0 bridgehead atoms. The Morgan fingerprint density at radius 1 is 1.50 bits per heavy atom. The standard InChI is InChI=1S/C13H16BrNO/c1-3-7-15(8-4-2)12-6-5-11(10-16)13(14)9-12/h3,5-6,9-10H,1,4,7-8H2,2H3. The van der Waals surface area contributed by atoms with Crippen molar-refractivity contribution in [2.24, 2.45) is 0 Å². The zero-order chi connectivity index (χ0) is 12.0. The van der Waals surface area contributed by atoms with E-state index in [0.717, 1.165) is 36.0 Å². The maximum absolute atomic E-state index is 10.7. The Labute approximate surface area is 105 Å². The van der Waals surface area contributed by atoms with Gasteiger partial charge < -0.3 is 4.90 Å². The van der Waals surface area contributed by atoms with Gasteiger partial charge in [0.05, 0.1) is 0 Å². The molecule has 0 unspecified atom stereocenters. The topological polar surface area (TPSA) is 20.3 Å². The molecule has 0 radical (unpaired) electrons. The highest BCUT2D eigenvalue weighted by Gasteiger charge is 2.06. The lowest BCUT2D eigenvalue weighted by molar-refractivity contribution is 0.112. The molecular weight excluding hydrogens is 266 g/mol. The van der Waals surface area contributed by atoms with Crippen LogP contribution in [0.2, 0.25) is 0 Å². The second kappa shape index (κ2) is 6.48. The molecule has 0 saturated carbocycles. The molecule has 1 aromatic rings. The Hall–Kier alpha value is -1.09. The minimum absolute atomic E-state index is 0.679. The molecule has 0 aromatic heterocycles. The van der Waals surface area contributed by atoms with E-state index < -0.39 is 0 Å². The van der Waals surface area contributed by atoms with E-state index in [1.165, 1.54) is 0 Å². The van der Waals surface area contributed by atoms with Crippen molar-refractivity contribution in [1.29, 1.82) is 0 Å². The summed E-state index contributed by atoms with van der Waals surface area (Å²) in [6.07, 6.45) is 3.82. The minimum atomic E-state index is 0.679. The van der Waals surface area contributed by atoms with E-state index in [1.807, 2.05) is 24.3 Å². The van der Waals surface area contributed by atoms with Crippen molar-refractivity contribution in [2.75, 3.05) is 18.0 Å². The number of benzene rings is 1. The summed E-state index contributed by atoms with van der Waals surface area (Å²) in [5, 5.41) is 0. The van der Waals surface area contributed by atoms with Gasteiger partial charge in [-0.25, -0.2) is 0 Å². The minimum Gasteiger partial charge on any atom is -0.368 e. The van der Waals surface area contributed by atoms with Gasteiger partial charge in [-0.1, -0.05) is 13.0 Å². The largest absolute Gasteiger partial charge is 0.368 e. The zero-order valence-electron chi connectivity index (χ0n) is 9.45. The van der Waals surface area contributed by atoms with Crippen molar-refractivity contribution in [1.82, 2.24) is 0 Å². The average molecular weight is 282 g/mol. The molecule has 2 nitrogen and oxygen atoms in total. The summed E-state index contributed by atoms with van der Waals surface area (Å²) in [4.78, 5) is 12.9. The van der Waals surface area contributed by atoms with Gasteiger partial charge in [0.15, 0.2) is 6.29 Å². The van der Waals surface area contributed by atoms with Gasteiger partial charge in [0.1, 0.15) is 0 Å². The van der Waals surface area contributed by atoms with Gasteiger partial charge in [0.2, 0.25) is 0 Å². The number of carbonyl (C=O) groups excluding carboxylic acids is 1. The molecule has 0 saturated heterocycles. The van der Waals surface area contributed by atoms with Gasteiger partial charge in [0.25, 0.3) is 0 Å². The van der Waals surface area contributed by atoms with Crippen molar-refractivity contribution in [2.45, 2.75) is 13.3 Å². The first-order valence-electron chi connectivity index (χ1n) is 5.33. The molecule has 0 aliphatic heterocycles. The molecule has 16 heavy (non-hydrogen) atoms. The highest BCUT2D eigenvalue weighted by atomic mass is 79.9. The number of nitrogens with zero attached hydrogens (tertiary/aromatic N) is 1. The predicted octanol–water partition coefficient (Wildman–Crippen LogP) is 3.66. The molecule has 1 aromatic carbocycles. The van der Waals surface area contributed by atoms with Crippen molar-refractivity contribution in [3.8, 4) is 0 Å². The second-order valence-corrected chi connectivity index (χ2v) is 4.41. The fourth-order valence-corrected chi connectivity index (χ4v) is 2.02. The van der Waals surface area contributed by atoms with E-state index in [-0.39, 0.29) is 0 Å². The molecule has 0 atom stereocenters. The summed E-state index contributed by atoms with van der Waals surface area (Å²) in [5.74, 6) is 0. The van der Waals surface area contributed by atoms with Crippen LogP contribution in [0.25, 0.3) is 0 Å². The Bertz CT molecular complexity index is 376. The van der Waals surface area contributed by atoms with Crippen LogP contribution >= 0.6 is 15.9 Å². The van der Waals surface area contributed by atoms with Gasteiger partial charge in [-0.15, -0.1) is 6.58 Å². The van der Waals surface area contributed by atoms with Gasteiger partial charge in [0, 0.05) is 28.8 Å². The van der Waals surface area contributed by atoms with Crippen molar-refractivity contribution in [3.05, 3.63) is 40.9 Å². The summed E-state index contributed by atoms with van der Waals surface area (Å²) in [7, 11) is 0. The summed E-state index contributed by atoms with van der Waals surface area (Å²) in [6.45, 7) is 7.70. The lowest BCUT2D eigenvalue weighted by atomic mass is 10.2. The summed E-state index contributed by atoms with van der Waals surface area (Å²) < 4.78 is 0.838. The molecule has 0 amide bonds. The molecule has 0 spiro atoms. The third kappa shape index (κ3) is 3.20. The van der Waals surface area contributed by atoms with Gasteiger partial charge >= 0.3 is 0 Å². The van der Waals surface area contributed by atoms with E-state index in [9.17, 15) is 4.79 Å². The molecular formula is C13H16BrNO. The Morgan fingerprint density at radius 3 is 2.75 bits per heavy atom. The molecule has 0 heterocycles. The molecule has 0 aliphatic rings. The molecule has 1 rings (SSSR count). The Morgan fingerprint density at radius 2 is 2.25 bits per heavy atom. The van der Waals surface area contributed by atoms with Gasteiger partial charge in [-0.2, -0.15) is 0 Å². The number of rotatable bonds is 6. The lowest BCUT2D eigenvalue weighted by Crippen LogP contribution is -2.23. The number of hydrogen-bond donors (Lipinski definition) is 0. The third-order valence-corrected chi connectivity index (χ3v) is 3.01. The molecule has 3 heteroatoms. The normalized spacial score (nSPS) is 9.88. The smallest absolute Gasteiger partial charge is 0.151 e. The number of hydrogen-bond acceptors (Lipinski definition) is 2. The first-order chi connectivity index (χ1) is 7.72. The highest BCUT2D eigenvalue weighted by molar-refractivity contribution is 9.10. The van der Waals surface area contributed by atoms with Crippen molar-refractivity contribution >= 4 is 27.9 Å². The number of aldehydes is 1. The first kappa shape index (κ1) is 13.0. The average Bonchev–Trinajstić information content (AvgIpc) is 2.28. The first-order valence-corrected chi connectivity index (χ1v) is 6.12. The maximum atomic E-state index is 10.7. The van der Waals surface area contributed by atoms with Crippen LogP contribution in [0.4, 0.5) is 5.69 Å². The quantitative estimate of drug-likeness (QED) is 0.586. The fraction of sp³-hybridized carbons (Fsp3) is 0.308. The van der Waals surface area contributed by atoms with Crippen molar-refractivity contribution < 1.29 is 4.79 Å². The number of halogens is 1. The van der Waals surface area contributed by atoms with Crippen LogP contribution < -0.4 is 4.90 Å². The van der Waals surface area contributed by atoms with E-state index >= 15 is 0 Å². The number of carbonyl (C=O) groups is 1. The fourth-order valence-electron chi connectivity index (χ4n) is 1.56. The zero-order valence-corrected chi connectivity index (χ0v) is 11.0. The third-order valence-electron chi connectivity index (χ3n) is 2.32. The number of anilines is 1. The second-order valence-electron chi connectivity index (χ2n) is 3.56. The summed E-state index contributed by atoms with van der Waals surface area (Å²) in [5.41, 5.74) is 1.79. The van der Waals surface area contributed by atoms with E-state index in [0.29, 0.717) is 5.56 Å². The molecule has 0 N–H and O–H groups in total. The summed E-state index contributed by atoms with van der Waals surface area (Å²) >= 11 is 3.39. The van der Waals surface area contributed by atoms with E-state index in [2.05, 4.69) is 34.3 Å².